The van der Waals surface area contributed by atoms with E-state index in [0.29, 0.717) is 51.7 Å². The van der Waals surface area contributed by atoms with Gasteiger partial charge in [-0.05, 0) is 55.2 Å². The lowest BCUT2D eigenvalue weighted by atomic mass is 10.1. The maximum Gasteiger partial charge on any atom is 0.350 e. The van der Waals surface area contributed by atoms with Gasteiger partial charge in [0.25, 0.3) is 0 Å². The highest BCUT2D eigenvalue weighted by atomic mass is 35.5. The average Bonchev–Trinajstić information content (AvgIpc) is 3.12. The second kappa shape index (κ2) is 10.4. The third kappa shape index (κ3) is 5.74. The smallest absolute Gasteiger partial charge is 0.350 e. The highest BCUT2D eigenvalue weighted by Crippen LogP contribution is 2.29. The maximum absolute atomic E-state index is 12.0. The Morgan fingerprint density at radius 2 is 2.19 bits per heavy atom. The van der Waals surface area contributed by atoms with Gasteiger partial charge in [0, 0.05) is 18.1 Å². The number of morpholine rings is 1. The summed E-state index contributed by atoms with van der Waals surface area (Å²) in [7, 11) is 1.35. The van der Waals surface area contributed by atoms with E-state index in [9.17, 15) is 9.59 Å². The topological polar surface area (TPSA) is 77.1 Å². The summed E-state index contributed by atoms with van der Waals surface area (Å²) in [5.74, 6) is -0.0579. The van der Waals surface area contributed by atoms with Crippen molar-refractivity contribution in [2.24, 2.45) is 0 Å². The van der Waals surface area contributed by atoms with Crippen LogP contribution in [0.5, 0.6) is 5.75 Å². The number of nitrogens with one attached hydrogen (secondary N) is 1. The number of ether oxygens (including phenoxy) is 3. The number of Topliss-reactive ketones (excluding diaryl/α,β-unsaturated/α-hetero) is 1. The van der Waals surface area contributed by atoms with Crippen molar-refractivity contribution >= 4 is 57.7 Å². The predicted octanol–water partition coefficient (Wildman–Crippen LogP) is 4.18. The van der Waals surface area contributed by atoms with Crippen molar-refractivity contribution in [3.05, 3.63) is 44.6 Å². The molecule has 2 heterocycles. The Morgan fingerprint density at radius 3 is 2.90 bits per heavy atom. The molecule has 3 rings (SSSR count). The van der Waals surface area contributed by atoms with E-state index < -0.39 is 5.97 Å². The van der Waals surface area contributed by atoms with Crippen LogP contribution in [0.15, 0.2) is 23.6 Å². The van der Waals surface area contributed by atoms with E-state index in [4.69, 9.17) is 38.0 Å². The molecular weight excluding hydrogens is 460 g/mol. The van der Waals surface area contributed by atoms with E-state index in [1.165, 1.54) is 25.4 Å². The predicted molar refractivity (Wildman–Crippen MR) is 125 cm³/mol. The molecule has 1 aliphatic rings. The molecule has 1 unspecified atom stereocenters. The molecule has 1 N–H and O–H groups in total. The maximum atomic E-state index is 12.0. The molecule has 1 aromatic heterocycles. The van der Waals surface area contributed by atoms with E-state index in [1.54, 1.807) is 18.2 Å². The third-order valence-corrected chi connectivity index (χ3v) is 6.42. The van der Waals surface area contributed by atoms with Gasteiger partial charge in [0.2, 0.25) is 0 Å². The van der Waals surface area contributed by atoms with Crippen molar-refractivity contribution in [2.45, 2.75) is 20.0 Å². The molecule has 31 heavy (non-hydrogen) atoms. The first-order valence-corrected chi connectivity index (χ1v) is 11.2. The zero-order valence-corrected chi connectivity index (χ0v) is 19.8. The molecule has 1 atom stereocenters. The number of hydrogen-bond acceptors (Lipinski definition) is 7. The molecule has 0 saturated carbocycles. The van der Waals surface area contributed by atoms with Crippen LogP contribution < -0.4 is 10.1 Å². The monoisotopic (exact) mass is 482 g/mol. The number of benzene rings is 1. The van der Waals surface area contributed by atoms with Gasteiger partial charge in [-0.15, -0.1) is 11.3 Å². The van der Waals surface area contributed by atoms with Crippen LogP contribution in [0, 0.1) is 6.92 Å². The summed E-state index contributed by atoms with van der Waals surface area (Å²) in [6.07, 6.45) is -0.243. The van der Waals surface area contributed by atoms with E-state index in [0.717, 1.165) is 5.56 Å². The van der Waals surface area contributed by atoms with Gasteiger partial charge in [-0.2, -0.15) is 0 Å². The van der Waals surface area contributed by atoms with Gasteiger partial charge in [0.05, 0.1) is 25.0 Å². The third-order valence-electron chi connectivity index (χ3n) is 4.75. The summed E-state index contributed by atoms with van der Waals surface area (Å²) in [5, 5.41) is 6.03. The normalized spacial score (nSPS) is 16.0. The molecule has 1 aromatic carbocycles. The van der Waals surface area contributed by atoms with E-state index in [-0.39, 0.29) is 18.5 Å². The number of esters is 1. The van der Waals surface area contributed by atoms with Crippen LogP contribution in [0.25, 0.3) is 0 Å². The number of ketones is 1. The number of nitrogens with zero attached hydrogens (tertiary/aromatic N) is 1. The second-order valence-corrected chi connectivity index (χ2v) is 8.69. The van der Waals surface area contributed by atoms with Crippen LogP contribution in [0.1, 0.15) is 32.5 Å². The lowest BCUT2D eigenvalue weighted by Crippen LogP contribution is -2.49. The lowest BCUT2D eigenvalue weighted by Gasteiger charge is -2.34. The highest BCUT2D eigenvalue weighted by molar-refractivity contribution is 7.80. The molecule has 0 aliphatic carbocycles. The number of anilines is 1. The van der Waals surface area contributed by atoms with Crippen molar-refractivity contribution < 1.29 is 23.8 Å². The van der Waals surface area contributed by atoms with E-state index in [2.05, 4.69) is 5.32 Å². The summed E-state index contributed by atoms with van der Waals surface area (Å²) >= 11 is 12.9. The number of hydrogen-bond donors (Lipinski definition) is 1. The summed E-state index contributed by atoms with van der Waals surface area (Å²) in [6.45, 7) is 5.22. The summed E-state index contributed by atoms with van der Waals surface area (Å²) in [5.41, 5.74) is 2.01. The first-order chi connectivity index (χ1) is 14.8. The fourth-order valence-electron chi connectivity index (χ4n) is 3.12. The Kier molecular flexibility index (Phi) is 7.88. The van der Waals surface area contributed by atoms with Crippen molar-refractivity contribution in [3.63, 3.8) is 0 Å². The average molecular weight is 483 g/mol. The van der Waals surface area contributed by atoms with Crippen molar-refractivity contribution in [1.82, 2.24) is 4.90 Å². The van der Waals surface area contributed by atoms with Crippen LogP contribution in [0.3, 0.4) is 0 Å². The van der Waals surface area contributed by atoms with Crippen LogP contribution in [0.4, 0.5) is 5.69 Å². The molecule has 0 bridgehead atoms. The fourth-order valence-corrected chi connectivity index (χ4v) is 4.48. The zero-order chi connectivity index (χ0) is 22.5. The molecule has 1 aliphatic heterocycles. The van der Waals surface area contributed by atoms with Crippen molar-refractivity contribution in [3.8, 4) is 5.75 Å². The molecule has 1 fully saturated rings. The Labute approximate surface area is 195 Å². The standard InChI is InChI=1S/C21H23ClN2O5S2/c1-12-11-31-19(20(26)27-3)18(12)23-21(30)24-6-7-28-15(9-24)10-29-17-5-4-14(22)8-16(17)13(2)25/h4-5,8,11,15H,6-7,9-10H2,1-3H3,(H,23,30). The SMILES string of the molecule is COC(=O)c1scc(C)c1NC(=S)N1CCOC(COc2ccc(Cl)cc2C(C)=O)C1. The Bertz CT molecular complexity index is 994. The quantitative estimate of drug-likeness (QED) is 0.373. The highest BCUT2D eigenvalue weighted by Gasteiger charge is 2.25. The van der Waals surface area contributed by atoms with Gasteiger partial charge < -0.3 is 24.4 Å². The largest absolute Gasteiger partial charge is 0.490 e. The number of carbonyl (C=O) groups is 2. The Morgan fingerprint density at radius 1 is 1.42 bits per heavy atom. The molecular formula is C21H23ClN2O5S2. The first kappa shape index (κ1) is 23.5. The number of thiophene rings is 1. The number of thiocarbonyl (C=S) groups is 1. The molecule has 166 valence electrons. The summed E-state index contributed by atoms with van der Waals surface area (Å²) in [6, 6.07) is 4.95. The Hall–Kier alpha value is -2.20. The minimum atomic E-state index is -0.402. The van der Waals surface area contributed by atoms with Gasteiger partial charge >= 0.3 is 5.97 Å². The lowest BCUT2D eigenvalue weighted by molar-refractivity contribution is -0.0281. The van der Waals surface area contributed by atoms with Gasteiger partial charge in [-0.1, -0.05) is 11.6 Å². The first-order valence-electron chi connectivity index (χ1n) is 9.57. The van der Waals surface area contributed by atoms with Gasteiger partial charge in [-0.25, -0.2) is 4.79 Å². The summed E-state index contributed by atoms with van der Waals surface area (Å²) < 4.78 is 16.5. The molecule has 2 aromatic rings. The van der Waals surface area contributed by atoms with Gasteiger partial charge in [0.1, 0.15) is 23.3 Å². The minimum absolute atomic E-state index is 0.124. The number of halogens is 1. The number of aryl methyl sites for hydroxylation is 1. The van der Waals surface area contributed by atoms with Crippen LogP contribution >= 0.6 is 35.2 Å². The van der Waals surface area contributed by atoms with Crippen molar-refractivity contribution in [1.29, 1.82) is 0 Å². The molecule has 10 heteroatoms. The molecule has 1 saturated heterocycles. The van der Waals surface area contributed by atoms with Crippen molar-refractivity contribution in [2.75, 3.05) is 38.7 Å². The Balaban J connectivity index is 1.62. The van der Waals surface area contributed by atoms with Crippen LogP contribution in [0.2, 0.25) is 5.02 Å². The summed E-state index contributed by atoms with van der Waals surface area (Å²) in [4.78, 5) is 26.3. The van der Waals surface area contributed by atoms with Crippen LogP contribution in [-0.2, 0) is 9.47 Å². The van der Waals surface area contributed by atoms with Gasteiger partial charge in [-0.3, -0.25) is 4.79 Å². The van der Waals surface area contributed by atoms with Crippen LogP contribution in [-0.4, -0.2) is 61.3 Å². The molecule has 7 nitrogen and oxygen atoms in total. The number of rotatable bonds is 6. The minimum Gasteiger partial charge on any atom is -0.490 e. The molecule has 0 radical (unpaired) electrons. The van der Waals surface area contributed by atoms with Gasteiger partial charge in [0.15, 0.2) is 10.9 Å². The molecule has 0 amide bonds. The second-order valence-electron chi connectivity index (χ2n) is 6.99. The van der Waals surface area contributed by atoms with E-state index >= 15 is 0 Å². The number of carbonyl (C=O) groups excluding carboxylic acids is 2. The molecule has 0 spiro atoms. The fraction of sp³-hybridized carbons (Fsp3) is 0.381. The van der Waals surface area contributed by atoms with E-state index in [1.807, 2.05) is 17.2 Å². The zero-order valence-electron chi connectivity index (χ0n) is 17.4. The number of methoxy groups -OCH3 is 1.